The van der Waals surface area contributed by atoms with Crippen LogP contribution < -0.4 is 10.9 Å². The van der Waals surface area contributed by atoms with Crippen LogP contribution in [0.3, 0.4) is 0 Å². The molecule has 0 spiro atoms. The van der Waals surface area contributed by atoms with Gasteiger partial charge >= 0.3 is 0 Å². The molecular formula is C19H18FN3O2. The first-order valence-corrected chi connectivity index (χ1v) is 7.98. The van der Waals surface area contributed by atoms with Gasteiger partial charge in [0.2, 0.25) is 5.91 Å². The summed E-state index contributed by atoms with van der Waals surface area (Å²) in [5, 5.41) is 2.65. The Morgan fingerprint density at radius 1 is 1.20 bits per heavy atom. The van der Waals surface area contributed by atoms with Gasteiger partial charge in [-0.3, -0.25) is 9.59 Å². The second-order valence-corrected chi connectivity index (χ2v) is 5.90. The molecule has 128 valence electrons. The average Bonchev–Trinajstić information content (AvgIpc) is 2.58. The zero-order valence-electron chi connectivity index (χ0n) is 14.0. The molecule has 3 rings (SSSR count). The molecule has 1 aromatic heterocycles. The highest BCUT2D eigenvalue weighted by Gasteiger charge is 2.10. The maximum atomic E-state index is 13.5. The molecule has 1 N–H and O–H groups in total. The second-order valence-electron chi connectivity index (χ2n) is 5.90. The van der Waals surface area contributed by atoms with Crippen LogP contribution in [-0.4, -0.2) is 15.5 Å². The summed E-state index contributed by atoms with van der Waals surface area (Å²) >= 11 is 0. The molecule has 0 saturated heterocycles. The fraction of sp³-hybridized carbons (Fsp3) is 0.211. The van der Waals surface area contributed by atoms with E-state index >= 15 is 0 Å². The van der Waals surface area contributed by atoms with Crippen molar-refractivity contribution in [1.29, 1.82) is 0 Å². The van der Waals surface area contributed by atoms with Crippen LogP contribution in [0.5, 0.6) is 0 Å². The van der Waals surface area contributed by atoms with Gasteiger partial charge in [-0.2, -0.15) is 0 Å². The van der Waals surface area contributed by atoms with Gasteiger partial charge in [-0.1, -0.05) is 18.2 Å². The standard InChI is InChI=1S/C19H18FN3O2/c1-12-7-8-14(11-15(12)20)22-18(24)9-10-23-17-6-4-3-5-16(17)21-13(2)19(23)25/h3-8,11H,9-10H2,1-2H3,(H,22,24). The maximum Gasteiger partial charge on any atom is 0.272 e. The minimum atomic E-state index is -0.371. The molecule has 0 bridgehead atoms. The predicted octanol–water partition coefficient (Wildman–Crippen LogP) is 3.18. The monoisotopic (exact) mass is 339 g/mol. The molecule has 2 aromatic carbocycles. The Morgan fingerprint density at radius 3 is 2.72 bits per heavy atom. The number of hydrogen-bond acceptors (Lipinski definition) is 3. The fourth-order valence-corrected chi connectivity index (χ4v) is 2.65. The number of fused-ring (bicyclic) bond motifs is 1. The molecule has 1 amide bonds. The van der Waals surface area contributed by atoms with Crippen LogP contribution >= 0.6 is 0 Å². The summed E-state index contributed by atoms with van der Waals surface area (Å²) in [6.07, 6.45) is 0.100. The van der Waals surface area contributed by atoms with Crippen LogP contribution in [0, 0.1) is 19.7 Å². The number of amides is 1. The highest BCUT2D eigenvalue weighted by Crippen LogP contribution is 2.14. The van der Waals surface area contributed by atoms with Crippen molar-refractivity contribution in [3.8, 4) is 0 Å². The van der Waals surface area contributed by atoms with E-state index in [1.54, 1.807) is 36.6 Å². The van der Waals surface area contributed by atoms with Gasteiger partial charge in [0.15, 0.2) is 0 Å². The minimum absolute atomic E-state index is 0.100. The lowest BCUT2D eigenvalue weighted by atomic mass is 10.2. The van der Waals surface area contributed by atoms with Gasteiger partial charge in [0.25, 0.3) is 5.56 Å². The summed E-state index contributed by atoms with van der Waals surface area (Å²) in [5.74, 6) is -0.654. The molecule has 0 aliphatic carbocycles. The third-order valence-electron chi connectivity index (χ3n) is 4.03. The number of benzene rings is 2. The van der Waals surface area contributed by atoms with Gasteiger partial charge < -0.3 is 9.88 Å². The first-order chi connectivity index (χ1) is 12.0. The van der Waals surface area contributed by atoms with Crippen molar-refractivity contribution in [3.05, 3.63) is 69.9 Å². The number of aryl methyl sites for hydroxylation is 3. The molecule has 0 radical (unpaired) electrons. The molecule has 5 nitrogen and oxygen atoms in total. The zero-order valence-corrected chi connectivity index (χ0v) is 14.0. The van der Waals surface area contributed by atoms with Crippen molar-refractivity contribution in [2.45, 2.75) is 26.8 Å². The average molecular weight is 339 g/mol. The van der Waals surface area contributed by atoms with E-state index in [9.17, 15) is 14.0 Å². The molecule has 6 heteroatoms. The number of anilines is 1. The first kappa shape index (κ1) is 16.8. The number of carbonyl (C=O) groups excluding carboxylic acids is 1. The lowest BCUT2D eigenvalue weighted by Gasteiger charge is -2.11. The molecule has 0 aliphatic heterocycles. The van der Waals surface area contributed by atoms with Crippen LogP contribution in [0.2, 0.25) is 0 Å². The summed E-state index contributed by atoms with van der Waals surface area (Å²) in [6.45, 7) is 3.54. The van der Waals surface area contributed by atoms with Crippen molar-refractivity contribution in [1.82, 2.24) is 9.55 Å². The smallest absolute Gasteiger partial charge is 0.272 e. The largest absolute Gasteiger partial charge is 0.326 e. The minimum Gasteiger partial charge on any atom is -0.326 e. The Hall–Kier alpha value is -3.02. The van der Waals surface area contributed by atoms with Gasteiger partial charge in [0, 0.05) is 18.7 Å². The van der Waals surface area contributed by atoms with E-state index in [2.05, 4.69) is 10.3 Å². The number of aromatic nitrogens is 2. The molecule has 0 fully saturated rings. The number of rotatable bonds is 4. The van der Waals surface area contributed by atoms with Gasteiger partial charge in [-0.15, -0.1) is 0 Å². The van der Waals surface area contributed by atoms with Crippen molar-refractivity contribution in [2.75, 3.05) is 5.32 Å². The fourth-order valence-electron chi connectivity index (χ4n) is 2.65. The lowest BCUT2D eigenvalue weighted by Crippen LogP contribution is -2.26. The molecule has 1 heterocycles. The summed E-state index contributed by atoms with van der Waals surface area (Å²) in [7, 11) is 0. The van der Waals surface area contributed by atoms with Crippen LogP contribution in [-0.2, 0) is 11.3 Å². The topological polar surface area (TPSA) is 64.0 Å². The number of nitrogens with zero attached hydrogens (tertiary/aromatic N) is 2. The molecule has 0 unspecified atom stereocenters. The van der Waals surface area contributed by atoms with Crippen molar-refractivity contribution >= 4 is 22.6 Å². The third-order valence-corrected chi connectivity index (χ3v) is 4.03. The Balaban J connectivity index is 1.78. The first-order valence-electron chi connectivity index (χ1n) is 7.98. The number of carbonyl (C=O) groups is 1. The number of nitrogens with one attached hydrogen (secondary N) is 1. The summed E-state index contributed by atoms with van der Waals surface area (Å²) < 4.78 is 15.1. The highest BCUT2D eigenvalue weighted by molar-refractivity contribution is 5.90. The quantitative estimate of drug-likeness (QED) is 0.794. The van der Waals surface area contributed by atoms with Crippen LogP contribution in [0.15, 0.2) is 47.3 Å². The molecular weight excluding hydrogens is 321 g/mol. The number of para-hydroxylation sites is 2. The Labute approximate surface area is 144 Å². The van der Waals surface area contributed by atoms with Crippen molar-refractivity contribution in [2.24, 2.45) is 0 Å². The van der Waals surface area contributed by atoms with E-state index in [1.807, 2.05) is 18.2 Å². The lowest BCUT2D eigenvalue weighted by molar-refractivity contribution is -0.116. The van der Waals surface area contributed by atoms with Crippen LogP contribution in [0.4, 0.5) is 10.1 Å². The SMILES string of the molecule is Cc1ccc(NC(=O)CCn2c(=O)c(C)nc3ccccc32)cc1F. The van der Waals surface area contributed by atoms with E-state index < -0.39 is 0 Å². The summed E-state index contributed by atoms with van der Waals surface area (Å²) in [5.41, 5.74) is 2.49. The van der Waals surface area contributed by atoms with Gasteiger partial charge in [0.1, 0.15) is 11.5 Å². The predicted molar refractivity (Wildman–Crippen MR) is 95.1 cm³/mol. The molecule has 0 atom stereocenters. The third kappa shape index (κ3) is 3.57. The Kier molecular flexibility index (Phi) is 4.61. The molecule has 25 heavy (non-hydrogen) atoms. The van der Waals surface area contributed by atoms with Crippen LogP contribution in [0.1, 0.15) is 17.7 Å². The molecule has 3 aromatic rings. The van der Waals surface area contributed by atoms with Gasteiger partial charge in [-0.05, 0) is 43.7 Å². The van der Waals surface area contributed by atoms with E-state index in [4.69, 9.17) is 0 Å². The Bertz CT molecular complexity index is 1010. The molecule has 0 saturated carbocycles. The Morgan fingerprint density at radius 2 is 1.96 bits per heavy atom. The maximum absolute atomic E-state index is 13.5. The second kappa shape index (κ2) is 6.84. The number of halogens is 1. The van der Waals surface area contributed by atoms with Gasteiger partial charge in [0.05, 0.1) is 11.0 Å². The van der Waals surface area contributed by atoms with Crippen LogP contribution in [0.25, 0.3) is 11.0 Å². The normalized spacial score (nSPS) is 10.8. The molecule has 0 aliphatic rings. The highest BCUT2D eigenvalue weighted by atomic mass is 19.1. The summed E-state index contributed by atoms with van der Waals surface area (Å²) in [4.78, 5) is 28.8. The van der Waals surface area contributed by atoms with E-state index in [0.29, 0.717) is 28.0 Å². The van der Waals surface area contributed by atoms with E-state index in [-0.39, 0.29) is 30.2 Å². The van der Waals surface area contributed by atoms with E-state index in [1.165, 1.54) is 6.07 Å². The van der Waals surface area contributed by atoms with Crippen molar-refractivity contribution in [3.63, 3.8) is 0 Å². The van der Waals surface area contributed by atoms with Gasteiger partial charge in [-0.25, -0.2) is 9.37 Å². The van der Waals surface area contributed by atoms with Crippen molar-refractivity contribution < 1.29 is 9.18 Å². The summed E-state index contributed by atoms with van der Waals surface area (Å²) in [6, 6.07) is 11.8. The number of hydrogen-bond donors (Lipinski definition) is 1. The van der Waals surface area contributed by atoms with E-state index in [0.717, 1.165) is 0 Å². The zero-order chi connectivity index (χ0) is 18.0.